The van der Waals surface area contributed by atoms with E-state index in [1.165, 1.54) is 17.0 Å². The minimum Gasteiger partial charge on any atom is -0.505 e. The van der Waals surface area contributed by atoms with Gasteiger partial charge in [-0.25, -0.2) is 0 Å². The Hall–Kier alpha value is -3.60. The number of phenolic OH excluding ortho intramolecular Hbond substituents is 1. The minimum absolute atomic E-state index is 0.0513. The van der Waals surface area contributed by atoms with Crippen LogP contribution in [0.1, 0.15) is 41.6 Å². The number of amides is 1. The highest BCUT2D eigenvalue weighted by molar-refractivity contribution is 7.89. The fraction of sp³-hybridized carbons (Fsp3) is 0.286. The molecule has 0 bridgehead atoms. The molecule has 11 heteroatoms. The third-order valence-electron chi connectivity index (χ3n) is 4.70. The highest BCUT2D eigenvalue weighted by Gasteiger charge is 2.29. The molecule has 0 unspecified atom stereocenters. The van der Waals surface area contributed by atoms with Gasteiger partial charge >= 0.3 is 10.2 Å². The van der Waals surface area contributed by atoms with Crippen molar-refractivity contribution in [2.24, 2.45) is 8.80 Å². The maximum Gasteiger partial charge on any atom is 0.367 e. The van der Waals surface area contributed by atoms with Gasteiger partial charge in [0.1, 0.15) is 11.8 Å². The molecule has 32 heavy (non-hydrogen) atoms. The summed E-state index contributed by atoms with van der Waals surface area (Å²) in [6, 6.07) is 5.79. The first kappa shape index (κ1) is 23.1. The van der Waals surface area contributed by atoms with Gasteiger partial charge in [0.2, 0.25) is 0 Å². The molecule has 3 rings (SSSR count). The second-order valence-corrected chi connectivity index (χ2v) is 8.75. The van der Waals surface area contributed by atoms with Crippen LogP contribution in [0.4, 0.5) is 5.69 Å². The summed E-state index contributed by atoms with van der Waals surface area (Å²) in [5, 5.41) is 16.3. The number of benzene rings is 1. The van der Waals surface area contributed by atoms with Crippen molar-refractivity contribution >= 4 is 33.5 Å². The Morgan fingerprint density at radius 1 is 1.28 bits per heavy atom. The molecular weight excluding hydrogens is 434 g/mol. The molecule has 3 N–H and O–H groups in total. The molecule has 10 nitrogen and oxygen atoms in total. The first-order valence-corrected chi connectivity index (χ1v) is 11.2. The summed E-state index contributed by atoms with van der Waals surface area (Å²) in [4.78, 5) is 13.6. The average molecular weight is 460 g/mol. The molecule has 0 aliphatic carbocycles. The molecule has 2 aromatic rings. The number of rotatable bonds is 6. The molecule has 1 aromatic carbocycles. The smallest absolute Gasteiger partial charge is 0.367 e. The van der Waals surface area contributed by atoms with E-state index >= 15 is 0 Å². The van der Waals surface area contributed by atoms with E-state index in [9.17, 15) is 18.3 Å². The highest BCUT2D eigenvalue weighted by atomic mass is 32.2. The summed E-state index contributed by atoms with van der Waals surface area (Å²) in [6.07, 6.45) is 2.40. The summed E-state index contributed by atoms with van der Waals surface area (Å²) in [6.45, 7) is 7.70. The lowest BCUT2D eigenvalue weighted by molar-refractivity contribution is 0.0824. The van der Waals surface area contributed by atoms with E-state index in [-0.39, 0.29) is 28.7 Å². The zero-order valence-electron chi connectivity index (χ0n) is 18.2. The standard InChI is InChI=1S/C21H25N5O5S/c1-6-13-10-16(31-11-13)17(12(2)3)23-20-19(24-32(29,30)25-20)22-15-9-7-8-14(18(15)27)21(28)26(4)5/h7-11,17,27H,2,6H2,1,3-5H3,(H,22,24)(H,23,25)/t17-/m1/s1. The maximum atomic E-state index is 12.3. The van der Waals surface area contributed by atoms with Crippen LogP contribution in [0.5, 0.6) is 5.75 Å². The fourth-order valence-corrected chi connectivity index (χ4v) is 3.78. The predicted octanol–water partition coefficient (Wildman–Crippen LogP) is 2.62. The second-order valence-electron chi connectivity index (χ2n) is 7.49. The van der Waals surface area contributed by atoms with Crippen molar-refractivity contribution in [3.63, 3.8) is 0 Å². The van der Waals surface area contributed by atoms with Crippen LogP contribution >= 0.6 is 0 Å². The Morgan fingerprint density at radius 2 is 1.97 bits per heavy atom. The van der Waals surface area contributed by atoms with Crippen LogP contribution in [0.25, 0.3) is 0 Å². The van der Waals surface area contributed by atoms with Crippen molar-refractivity contribution in [2.75, 3.05) is 19.4 Å². The van der Waals surface area contributed by atoms with Gasteiger partial charge in [-0.05, 0) is 37.1 Å². The predicted molar refractivity (Wildman–Crippen MR) is 122 cm³/mol. The number of anilines is 1. The van der Waals surface area contributed by atoms with Gasteiger partial charge in [-0.2, -0.15) is 8.42 Å². The average Bonchev–Trinajstić information content (AvgIpc) is 3.30. The Balaban J connectivity index is 1.92. The minimum atomic E-state index is -4.14. The largest absolute Gasteiger partial charge is 0.505 e. The van der Waals surface area contributed by atoms with Crippen molar-refractivity contribution < 1.29 is 22.7 Å². The van der Waals surface area contributed by atoms with E-state index < -0.39 is 22.2 Å². The zero-order valence-corrected chi connectivity index (χ0v) is 19.0. The number of para-hydroxylation sites is 1. The molecule has 170 valence electrons. The van der Waals surface area contributed by atoms with E-state index in [1.54, 1.807) is 33.3 Å². The van der Waals surface area contributed by atoms with Crippen molar-refractivity contribution in [3.8, 4) is 5.75 Å². The Labute approximate surface area is 186 Å². The van der Waals surface area contributed by atoms with Crippen LogP contribution in [-0.4, -0.2) is 50.1 Å². The van der Waals surface area contributed by atoms with Crippen molar-refractivity contribution in [1.82, 2.24) is 10.2 Å². The topological polar surface area (TPSA) is 137 Å². The molecular formula is C21H25N5O5S. The van der Waals surface area contributed by atoms with Crippen molar-refractivity contribution in [3.05, 3.63) is 59.6 Å². The van der Waals surface area contributed by atoms with Crippen LogP contribution in [0, 0.1) is 0 Å². The number of carbonyl (C=O) groups is 1. The lowest BCUT2D eigenvalue weighted by Crippen LogP contribution is -2.37. The number of aromatic hydroxyl groups is 1. The molecule has 0 saturated heterocycles. The molecule has 0 saturated carbocycles. The van der Waals surface area contributed by atoms with Gasteiger partial charge in [-0.1, -0.05) is 25.1 Å². The number of amidine groups is 2. The number of furan rings is 1. The van der Waals surface area contributed by atoms with Gasteiger partial charge in [-0.15, -0.1) is 8.80 Å². The summed E-state index contributed by atoms with van der Waals surface area (Å²) >= 11 is 0. The lowest BCUT2D eigenvalue weighted by atomic mass is 10.1. The molecule has 1 amide bonds. The summed E-state index contributed by atoms with van der Waals surface area (Å²) in [7, 11) is -1.02. The molecule has 1 atom stereocenters. The Kier molecular flexibility index (Phi) is 6.40. The molecule has 1 aromatic heterocycles. The van der Waals surface area contributed by atoms with Gasteiger partial charge in [-0.3, -0.25) is 4.79 Å². The number of nitrogens with zero attached hydrogens (tertiary/aromatic N) is 3. The monoisotopic (exact) mass is 459 g/mol. The second kappa shape index (κ2) is 8.87. The quantitative estimate of drug-likeness (QED) is 0.446. The molecule has 2 heterocycles. The number of hydrogen-bond acceptors (Lipinski definition) is 7. The summed E-state index contributed by atoms with van der Waals surface area (Å²) in [5.41, 5.74) is 1.79. The third-order valence-corrected chi connectivity index (χ3v) is 5.53. The van der Waals surface area contributed by atoms with Crippen molar-refractivity contribution in [2.45, 2.75) is 26.3 Å². The van der Waals surface area contributed by atoms with Crippen molar-refractivity contribution in [1.29, 1.82) is 0 Å². The number of phenols is 1. The number of nitrogens with one attached hydrogen (secondary N) is 2. The third kappa shape index (κ3) is 4.83. The van der Waals surface area contributed by atoms with Crippen LogP contribution < -0.4 is 10.6 Å². The molecule has 1 aliphatic rings. The number of aryl methyl sites for hydroxylation is 1. The maximum absolute atomic E-state index is 12.3. The molecule has 1 aliphatic heterocycles. The summed E-state index contributed by atoms with van der Waals surface area (Å²) < 4.78 is 37.1. The Morgan fingerprint density at radius 3 is 2.56 bits per heavy atom. The Bertz CT molecular complexity index is 1230. The first-order valence-electron chi connectivity index (χ1n) is 9.77. The number of hydrogen-bond donors (Lipinski definition) is 3. The van der Waals surface area contributed by atoms with Gasteiger partial charge < -0.3 is 25.1 Å². The van der Waals surface area contributed by atoms with Gasteiger partial charge in [0.05, 0.1) is 17.5 Å². The van der Waals surface area contributed by atoms with Crippen LogP contribution in [0.3, 0.4) is 0 Å². The highest BCUT2D eigenvalue weighted by Crippen LogP contribution is 2.29. The van der Waals surface area contributed by atoms with Crippen LogP contribution in [0.15, 0.2) is 55.9 Å². The SMILES string of the molecule is C=C(C)[C@@H](NC1=NS(=O)(=O)N=C1Nc1cccc(C(=O)N(C)C)c1O)c1cc(CC)co1. The van der Waals surface area contributed by atoms with Crippen LogP contribution in [-0.2, 0) is 16.6 Å². The molecule has 0 fully saturated rings. The molecule has 0 spiro atoms. The summed E-state index contributed by atoms with van der Waals surface area (Å²) in [5.74, 6) is -0.416. The van der Waals surface area contributed by atoms with E-state index in [1.807, 2.05) is 13.0 Å². The van der Waals surface area contributed by atoms with E-state index in [0.717, 1.165) is 12.0 Å². The van der Waals surface area contributed by atoms with Gasteiger partial charge in [0, 0.05) is 14.1 Å². The zero-order chi connectivity index (χ0) is 23.6. The van der Waals surface area contributed by atoms with E-state index in [2.05, 4.69) is 26.0 Å². The molecule has 0 radical (unpaired) electrons. The fourth-order valence-electron chi connectivity index (χ4n) is 3.00. The van der Waals surface area contributed by atoms with Gasteiger partial charge in [0.15, 0.2) is 17.4 Å². The first-order chi connectivity index (χ1) is 15.0. The van der Waals surface area contributed by atoms with Gasteiger partial charge in [0.25, 0.3) is 5.91 Å². The lowest BCUT2D eigenvalue weighted by Gasteiger charge is -2.19. The van der Waals surface area contributed by atoms with Crippen LogP contribution in [0.2, 0.25) is 0 Å². The van der Waals surface area contributed by atoms with E-state index in [0.29, 0.717) is 11.3 Å². The van der Waals surface area contributed by atoms with E-state index in [4.69, 9.17) is 4.42 Å². The number of carbonyl (C=O) groups excluding carboxylic acids is 1. The normalized spacial score (nSPS) is 15.5.